The van der Waals surface area contributed by atoms with Gasteiger partial charge >= 0.3 is 6.18 Å². The maximum atomic E-state index is 12.8. The zero-order chi connectivity index (χ0) is 21.0. The van der Waals surface area contributed by atoms with Crippen molar-refractivity contribution in [3.63, 3.8) is 0 Å². The number of hydrogen-bond donors (Lipinski definition) is 2. The Kier molecular flexibility index (Phi) is 5.90. The summed E-state index contributed by atoms with van der Waals surface area (Å²) in [6.45, 7) is 0.0500. The normalized spacial score (nSPS) is 13.6. The number of hydrazine groups is 1. The third-order valence-corrected chi connectivity index (χ3v) is 4.52. The quantitative estimate of drug-likeness (QED) is 0.751. The number of rotatable bonds is 4. The predicted molar refractivity (Wildman–Crippen MR) is 99.0 cm³/mol. The molecule has 1 aromatic carbocycles. The Morgan fingerprint density at radius 3 is 2.41 bits per heavy atom. The number of fused-ring (bicyclic) bond motifs is 1. The molecule has 0 unspecified atom stereocenters. The van der Waals surface area contributed by atoms with Crippen LogP contribution in [0.3, 0.4) is 0 Å². The fourth-order valence-corrected chi connectivity index (χ4v) is 3.20. The number of halogens is 3. The number of carbonyl (C=O) groups excluding carboxylic acids is 2. The second kappa shape index (κ2) is 8.38. The first-order valence-corrected chi connectivity index (χ1v) is 8.93. The first-order chi connectivity index (χ1) is 13.8. The second-order valence-corrected chi connectivity index (χ2v) is 6.60. The van der Waals surface area contributed by atoms with Crippen molar-refractivity contribution < 1.29 is 22.8 Å². The molecule has 0 saturated heterocycles. The van der Waals surface area contributed by atoms with Gasteiger partial charge in [0.25, 0.3) is 17.4 Å². The van der Waals surface area contributed by atoms with Crippen LogP contribution in [0.5, 0.6) is 0 Å². The van der Waals surface area contributed by atoms with Gasteiger partial charge in [-0.25, -0.2) is 0 Å². The van der Waals surface area contributed by atoms with E-state index in [0.29, 0.717) is 17.2 Å². The molecule has 29 heavy (non-hydrogen) atoms. The SMILES string of the molecule is O=C(CN1CCCc2ccccc21)NNC(=O)Cn1cccc(C(F)(F)F)c1=O. The van der Waals surface area contributed by atoms with Crippen LogP contribution in [0.2, 0.25) is 0 Å². The number of aryl methyl sites for hydroxylation is 1. The fourth-order valence-electron chi connectivity index (χ4n) is 3.20. The van der Waals surface area contributed by atoms with Crippen LogP contribution < -0.4 is 21.3 Å². The summed E-state index contributed by atoms with van der Waals surface area (Å²) in [5, 5.41) is 0. The van der Waals surface area contributed by atoms with Gasteiger partial charge in [0.05, 0.1) is 6.54 Å². The van der Waals surface area contributed by atoms with Crippen LogP contribution in [0.1, 0.15) is 17.5 Å². The summed E-state index contributed by atoms with van der Waals surface area (Å²) >= 11 is 0. The molecule has 2 aromatic rings. The summed E-state index contributed by atoms with van der Waals surface area (Å²) in [4.78, 5) is 37.8. The number of aromatic nitrogens is 1. The Bertz CT molecular complexity index is 972. The molecule has 0 bridgehead atoms. The van der Waals surface area contributed by atoms with Crippen molar-refractivity contribution in [2.24, 2.45) is 0 Å². The molecule has 2 heterocycles. The molecule has 154 valence electrons. The number of anilines is 1. The zero-order valence-corrected chi connectivity index (χ0v) is 15.3. The van der Waals surface area contributed by atoms with E-state index < -0.39 is 35.7 Å². The average Bonchev–Trinajstić information content (AvgIpc) is 2.67. The number of alkyl halides is 3. The molecule has 7 nitrogen and oxygen atoms in total. The number of nitrogens with zero attached hydrogens (tertiary/aromatic N) is 2. The Labute approximate surface area is 164 Å². The van der Waals surface area contributed by atoms with Crippen LogP contribution >= 0.6 is 0 Å². The molecule has 1 aliphatic rings. The van der Waals surface area contributed by atoms with Crippen molar-refractivity contribution in [2.75, 3.05) is 18.0 Å². The van der Waals surface area contributed by atoms with E-state index in [1.165, 1.54) is 0 Å². The van der Waals surface area contributed by atoms with Crippen LogP contribution in [0.15, 0.2) is 47.4 Å². The minimum Gasteiger partial charge on any atom is -0.362 e. The molecule has 1 aromatic heterocycles. The van der Waals surface area contributed by atoms with E-state index in [1.807, 2.05) is 29.2 Å². The van der Waals surface area contributed by atoms with Crippen molar-refractivity contribution in [3.05, 3.63) is 64.1 Å². The van der Waals surface area contributed by atoms with Gasteiger partial charge in [0.2, 0.25) is 0 Å². The standard InChI is InChI=1S/C19H19F3N4O3/c20-19(21,22)14-7-4-10-26(18(14)29)12-17(28)24-23-16(27)11-25-9-3-6-13-5-1-2-8-15(13)25/h1-2,4-5,7-8,10H,3,6,9,11-12H2,(H,23,27)(H,24,28). The number of amides is 2. The van der Waals surface area contributed by atoms with Gasteiger partial charge in [-0.1, -0.05) is 18.2 Å². The van der Waals surface area contributed by atoms with E-state index >= 15 is 0 Å². The van der Waals surface area contributed by atoms with Crippen molar-refractivity contribution in [3.8, 4) is 0 Å². The highest BCUT2D eigenvalue weighted by molar-refractivity contribution is 5.85. The van der Waals surface area contributed by atoms with Crippen LogP contribution in [0, 0.1) is 0 Å². The minimum absolute atomic E-state index is 0.0147. The predicted octanol–water partition coefficient (Wildman–Crippen LogP) is 1.47. The lowest BCUT2D eigenvalue weighted by Gasteiger charge is -2.30. The van der Waals surface area contributed by atoms with Crippen LogP contribution in [0.25, 0.3) is 0 Å². The second-order valence-electron chi connectivity index (χ2n) is 6.60. The van der Waals surface area contributed by atoms with Crippen molar-refractivity contribution in [2.45, 2.75) is 25.6 Å². The van der Waals surface area contributed by atoms with Gasteiger partial charge in [0.1, 0.15) is 12.1 Å². The van der Waals surface area contributed by atoms with E-state index in [9.17, 15) is 27.6 Å². The smallest absolute Gasteiger partial charge is 0.362 e. The number of nitrogens with one attached hydrogen (secondary N) is 2. The largest absolute Gasteiger partial charge is 0.421 e. The van der Waals surface area contributed by atoms with E-state index in [1.54, 1.807) is 0 Å². The van der Waals surface area contributed by atoms with E-state index in [-0.39, 0.29) is 6.54 Å². The topological polar surface area (TPSA) is 83.4 Å². The lowest BCUT2D eigenvalue weighted by atomic mass is 10.0. The molecule has 0 radical (unpaired) electrons. The summed E-state index contributed by atoms with van der Waals surface area (Å²) in [5.41, 5.74) is 3.76. The van der Waals surface area contributed by atoms with Crippen LogP contribution in [-0.4, -0.2) is 29.5 Å². The molecular weight excluding hydrogens is 389 g/mol. The fraction of sp³-hybridized carbons (Fsp3) is 0.316. The Morgan fingerprint density at radius 2 is 1.69 bits per heavy atom. The summed E-state index contributed by atoms with van der Waals surface area (Å²) in [6.07, 6.45) is -1.91. The van der Waals surface area contributed by atoms with Gasteiger partial charge in [-0.05, 0) is 36.6 Å². The van der Waals surface area contributed by atoms with Crippen molar-refractivity contribution in [1.82, 2.24) is 15.4 Å². The Morgan fingerprint density at radius 1 is 1.00 bits per heavy atom. The number of para-hydroxylation sites is 1. The summed E-state index contributed by atoms with van der Waals surface area (Å²) in [7, 11) is 0. The lowest BCUT2D eigenvalue weighted by molar-refractivity contribution is -0.139. The molecule has 1 aliphatic heterocycles. The molecule has 0 spiro atoms. The third-order valence-electron chi connectivity index (χ3n) is 4.52. The van der Waals surface area contributed by atoms with Crippen LogP contribution in [0.4, 0.5) is 18.9 Å². The summed E-state index contributed by atoms with van der Waals surface area (Å²) in [6, 6.07) is 9.40. The maximum absolute atomic E-state index is 12.8. The number of carbonyl (C=O) groups is 2. The molecule has 3 rings (SSSR count). The molecule has 0 saturated carbocycles. The van der Waals surface area contributed by atoms with Crippen LogP contribution in [-0.2, 0) is 28.7 Å². The number of benzene rings is 1. The summed E-state index contributed by atoms with van der Waals surface area (Å²) < 4.78 is 38.9. The van der Waals surface area contributed by atoms with Gasteiger partial charge in [-0.15, -0.1) is 0 Å². The molecular formula is C19H19F3N4O3. The van der Waals surface area contributed by atoms with Crippen molar-refractivity contribution in [1.29, 1.82) is 0 Å². The average molecular weight is 408 g/mol. The lowest BCUT2D eigenvalue weighted by Crippen LogP contribution is -2.48. The van der Waals surface area contributed by atoms with Gasteiger partial charge < -0.3 is 9.47 Å². The highest BCUT2D eigenvalue weighted by Gasteiger charge is 2.34. The van der Waals surface area contributed by atoms with Gasteiger partial charge in [-0.2, -0.15) is 13.2 Å². The molecule has 10 heteroatoms. The molecule has 0 aliphatic carbocycles. The summed E-state index contributed by atoms with van der Waals surface area (Å²) in [5.74, 6) is -1.30. The minimum atomic E-state index is -4.81. The van der Waals surface area contributed by atoms with E-state index in [2.05, 4.69) is 10.9 Å². The number of hydrogen-bond acceptors (Lipinski definition) is 4. The van der Waals surface area contributed by atoms with E-state index in [0.717, 1.165) is 36.4 Å². The monoisotopic (exact) mass is 408 g/mol. The van der Waals surface area contributed by atoms with Crippen molar-refractivity contribution >= 4 is 17.5 Å². The Hall–Kier alpha value is -3.30. The molecule has 0 atom stereocenters. The van der Waals surface area contributed by atoms with Gasteiger partial charge in [0.15, 0.2) is 0 Å². The highest BCUT2D eigenvalue weighted by atomic mass is 19.4. The maximum Gasteiger partial charge on any atom is 0.421 e. The van der Waals surface area contributed by atoms with E-state index in [4.69, 9.17) is 0 Å². The first-order valence-electron chi connectivity index (χ1n) is 8.93. The van der Waals surface area contributed by atoms with Gasteiger partial charge in [-0.3, -0.25) is 25.2 Å². The zero-order valence-electron chi connectivity index (χ0n) is 15.3. The highest BCUT2D eigenvalue weighted by Crippen LogP contribution is 2.26. The molecule has 0 fully saturated rings. The first kappa shape index (κ1) is 20.4. The Balaban J connectivity index is 1.56. The van der Waals surface area contributed by atoms with Gasteiger partial charge in [0, 0.05) is 18.4 Å². The number of pyridine rings is 1. The molecule has 2 amide bonds. The third kappa shape index (κ3) is 4.95. The molecule has 2 N–H and O–H groups in total.